The predicted octanol–water partition coefficient (Wildman–Crippen LogP) is 0.285. The Morgan fingerprint density at radius 1 is 1.50 bits per heavy atom. The summed E-state index contributed by atoms with van der Waals surface area (Å²) in [6.45, 7) is 4.17. The van der Waals surface area contributed by atoms with E-state index in [2.05, 4.69) is 27.3 Å². The van der Waals surface area contributed by atoms with Crippen LogP contribution < -0.4 is 5.32 Å². The quantitative estimate of drug-likeness (QED) is 0.750. The Balaban J connectivity index is 1.94. The molecule has 22 heavy (non-hydrogen) atoms. The van der Waals surface area contributed by atoms with Crippen LogP contribution in [0.4, 0.5) is 0 Å². The summed E-state index contributed by atoms with van der Waals surface area (Å²) in [7, 11) is -2.96. The molecule has 0 aromatic carbocycles. The van der Waals surface area contributed by atoms with Crippen molar-refractivity contribution in [2.75, 3.05) is 31.6 Å². The van der Waals surface area contributed by atoms with Gasteiger partial charge in [-0.2, -0.15) is 5.10 Å². The van der Waals surface area contributed by atoms with Crippen molar-refractivity contribution in [3.05, 3.63) is 18.0 Å². The molecule has 7 nitrogen and oxygen atoms in total. The number of aromatic amines is 1. The van der Waals surface area contributed by atoms with Crippen LogP contribution >= 0.6 is 0 Å². The first-order valence-corrected chi connectivity index (χ1v) is 9.65. The number of aromatic nitrogens is 2. The fourth-order valence-corrected chi connectivity index (χ4v) is 3.48. The van der Waals surface area contributed by atoms with E-state index < -0.39 is 9.84 Å². The zero-order valence-electron chi connectivity index (χ0n) is 13.1. The molecule has 0 bridgehead atoms. The van der Waals surface area contributed by atoms with Crippen LogP contribution in [0.15, 0.2) is 12.3 Å². The average molecular weight is 328 g/mol. The van der Waals surface area contributed by atoms with Gasteiger partial charge in [0.25, 0.3) is 5.91 Å². The molecule has 2 rings (SSSR count). The van der Waals surface area contributed by atoms with Crippen LogP contribution in [-0.2, 0) is 9.84 Å². The number of carbonyl (C=O) groups is 1. The smallest absolute Gasteiger partial charge is 0.269 e. The Morgan fingerprint density at radius 2 is 2.27 bits per heavy atom. The predicted molar refractivity (Wildman–Crippen MR) is 84.4 cm³/mol. The van der Waals surface area contributed by atoms with E-state index >= 15 is 0 Å². The fraction of sp³-hybridized carbons (Fsp3) is 0.714. The lowest BCUT2D eigenvalue weighted by atomic mass is 9.98. The van der Waals surface area contributed by atoms with Crippen molar-refractivity contribution in [2.24, 2.45) is 5.92 Å². The third-order valence-corrected chi connectivity index (χ3v) is 4.94. The molecule has 0 spiro atoms. The Hall–Kier alpha value is -1.41. The van der Waals surface area contributed by atoms with Crippen molar-refractivity contribution in [1.29, 1.82) is 0 Å². The number of H-pyrrole nitrogens is 1. The minimum Gasteiger partial charge on any atom is -0.346 e. The lowest BCUT2D eigenvalue weighted by molar-refractivity contribution is 0.0924. The zero-order valence-corrected chi connectivity index (χ0v) is 13.9. The maximum Gasteiger partial charge on any atom is 0.269 e. The number of carbonyl (C=O) groups excluding carboxylic acids is 1. The second-order valence-corrected chi connectivity index (χ2v) is 8.25. The van der Waals surface area contributed by atoms with Crippen molar-refractivity contribution in [3.63, 3.8) is 0 Å². The molecule has 8 heteroatoms. The van der Waals surface area contributed by atoms with Gasteiger partial charge in [-0.3, -0.25) is 14.8 Å². The molecule has 1 aliphatic heterocycles. The van der Waals surface area contributed by atoms with Crippen LogP contribution in [0, 0.1) is 5.92 Å². The molecule has 0 radical (unpaired) electrons. The third kappa shape index (κ3) is 4.81. The highest BCUT2D eigenvalue weighted by Gasteiger charge is 2.33. The molecule has 0 unspecified atom stereocenters. The van der Waals surface area contributed by atoms with Gasteiger partial charge < -0.3 is 5.32 Å². The van der Waals surface area contributed by atoms with Gasteiger partial charge in [-0.15, -0.1) is 0 Å². The molecule has 1 aliphatic rings. The van der Waals surface area contributed by atoms with Crippen LogP contribution in [0.3, 0.4) is 0 Å². The van der Waals surface area contributed by atoms with E-state index in [0.29, 0.717) is 24.7 Å². The molecule has 2 heterocycles. The molecule has 1 fully saturated rings. The molecule has 1 aromatic heterocycles. The molecule has 2 atom stereocenters. The summed E-state index contributed by atoms with van der Waals surface area (Å²) >= 11 is 0. The molecule has 0 aliphatic carbocycles. The molecule has 1 amide bonds. The maximum absolute atomic E-state index is 12.1. The van der Waals surface area contributed by atoms with Crippen LogP contribution in [0.25, 0.3) is 0 Å². The Kier molecular flexibility index (Phi) is 5.57. The average Bonchev–Trinajstić information content (AvgIpc) is 3.06. The Labute approximate surface area is 131 Å². The van der Waals surface area contributed by atoms with Gasteiger partial charge in [0.15, 0.2) is 0 Å². The van der Waals surface area contributed by atoms with E-state index in [1.165, 1.54) is 6.26 Å². The van der Waals surface area contributed by atoms with Gasteiger partial charge in [0.1, 0.15) is 15.5 Å². The highest BCUT2D eigenvalue weighted by molar-refractivity contribution is 7.90. The van der Waals surface area contributed by atoms with Crippen LogP contribution in [-0.4, -0.2) is 67.1 Å². The number of hydrogen-bond donors (Lipinski definition) is 2. The van der Waals surface area contributed by atoms with Crippen molar-refractivity contribution in [1.82, 2.24) is 20.4 Å². The Morgan fingerprint density at radius 3 is 2.86 bits per heavy atom. The fourth-order valence-electron chi connectivity index (χ4n) is 2.89. The topological polar surface area (TPSA) is 95.2 Å². The van der Waals surface area contributed by atoms with Gasteiger partial charge in [0.05, 0.1) is 5.75 Å². The van der Waals surface area contributed by atoms with E-state index in [9.17, 15) is 13.2 Å². The number of nitrogens with zero attached hydrogens (tertiary/aromatic N) is 2. The Bertz CT molecular complexity index is 585. The minimum absolute atomic E-state index is 0.0512. The number of sulfone groups is 1. The SMILES string of the molecule is CCC[C@@H]1CN(CCS(C)(=O)=O)C[C@H]1NC(=O)c1ccn[nH]1. The normalized spacial score (nSPS) is 22.8. The molecule has 1 aromatic rings. The van der Waals surface area contributed by atoms with Crippen LogP contribution in [0.1, 0.15) is 30.3 Å². The lowest BCUT2D eigenvalue weighted by Gasteiger charge is -2.18. The molecule has 124 valence electrons. The summed E-state index contributed by atoms with van der Waals surface area (Å²) in [5.41, 5.74) is 0.449. The summed E-state index contributed by atoms with van der Waals surface area (Å²) < 4.78 is 22.6. The van der Waals surface area contributed by atoms with Gasteiger partial charge in [-0.25, -0.2) is 8.42 Å². The second-order valence-electron chi connectivity index (χ2n) is 5.99. The molecular weight excluding hydrogens is 304 g/mol. The summed E-state index contributed by atoms with van der Waals surface area (Å²) in [6.07, 6.45) is 4.86. The van der Waals surface area contributed by atoms with Crippen LogP contribution in [0.5, 0.6) is 0 Å². The minimum atomic E-state index is -2.96. The van der Waals surface area contributed by atoms with Crippen molar-refractivity contribution in [3.8, 4) is 0 Å². The largest absolute Gasteiger partial charge is 0.346 e. The first-order chi connectivity index (χ1) is 10.4. The highest BCUT2D eigenvalue weighted by Crippen LogP contribution is 2.22. The zero-order chi connectivity index (χ0) is 16.2. The molecule has 1 saturated heterocycles. The van der Waals surface area contributed by atoms with E-state index in [1.54, 1.807) is 12.3 Å². The van der Waals surface area contributed by atoms with E-state index in [0.717, 1.165) is 19.4 Å². The van der Waals surface area contributed by atoms with Gasteiger partial charge in [0, 0.05) is 38.1 Å². The lowest BCUT2D eigenvalue weighted by Crippen LogP contribution is -2.41. The summed E-state index contributed by atoms with van der Waals surface area (Å²) in [5.74, 6) is 0.359. The van der Waals surface area contributed by atoms with E-state index in [1.807, 2.05) is 0 Å². The monoisotopic (exact) mass is 328 g/mol. The molecule has 2 N–H and O–H groups in total. The van der Waals surface area contributed by atoms with E-state index in [-0.39, 0.29) is 17.7 Å². The van der Waals surface area contributed by atoms with Gasteiger partial charge in [0.2, 0.25) is 0 Å². The number of likely N-dealkylation sites (tertiary alicyclic amines) is 1. The van der Waals surface area contributed by atoms with Crippen molar-refractivity contribution >= 4 is 15.7 Å². The highest BCUT2D eigenvalue weighted by atomic mass is 32.2. The van der Waals surface area contributed by atoms with E-state index in [4.69, 9.17) is 0 Å². The number of amides is 1. The summed E-state index contributed by atoms with van der Waals surface area (Å²) in [5, 5.41) is 9.48. The number of nitrogens with one attached hydrogen (secondary N) is 2. The maximum atomic E-state index is 12.1. The summed E-state index contributed by atoms with van der Waals surface area (Å²) in [6, 6.07) is 1.69. The standard InChI is InChI=1S/C14H24N4O3S/c1-3-4-11-9-18(7-8-22(2,20)21)10-13(11)16-14(19)12-5-6-15-17-12/h5-6,11,13H,3-4,7-10H2,1-2H3,(H,15,17)(H,16,19)/t11-,13-/m1/s1. The molecule has 0 saturated carbocycles. The number of rotatable bonds is 7. The van der Waals surface area contributed by atoms with Crippen LogP contribution in [0.2, 0.25) is 0 Å². The summed E-state index contributed by atoms with van der Waals surface area (Å²) in [4.78, 5) is 14.3. The first kappa shape index (κ1) is 17.0. The van der Waals surface area contributed by atoms with Gasteiger partial charge in [-0.1, -0.05) is 13.3 Å². The van der Waals surface area contributed by atoms with Crippen molar-refractivity contribution in [2.45, 2.75) is 25.8 Å². The van der Waals surface area contributed by atoms with Gasteiger partial charge >= 0.3 is 0 Å². The van der Waals surface area contributed by atoms with Crippen molar-refractivity contribution < 1.29 is 13.2 Å². The first-order valence-electron chi connectivity index (χ1n) is 7.59. The second kappa shape index (κ2) is 7.23. The number of hydrogen-bond acceptors (Lipinski definition) is 5. The van der Waals surface area contributed by atoms with Gasteiger partial charge in [-0.05, 0) is 18.4 Å². The molecular formula is C14H24N4O3S. The third-order valence-electron chi connectivity index (χ3n) is 4.02.